The number of hydrogen-bond acceptors (Lipinski definition) is 2. The topological polar surface area (TPSA) is 37.0 Å². The number of rotatable bonds is 5. The van der Waals surface area contributed by atoms with Crippen molar-refractivity contribution in [2.75, 3.05) is 13.2 Å². The molecule has 2 heterocycles. The Bertz CT molecular complexity index is 892. The van der Waals surface area contributed by atoms with E-state index in [1.807, 2.05) is 12.1 Å². The zero-order valence-corrected chi connectivity index (χ0v) is 14.6. The van der Waals surface area contributed by atoms with Crippen LogP contribution in [0.15, 0.2) is 55.1 Å². The Kier molecular flexibility index (Phi) is 4.33. The number of fused-ring (bicyclic) bond motifs is 3. The summed E-state index contributed by atoms with van der Waals surface area (Å²) in [7, 11) is 0. The van der Waals surface area contributed by atoms with E-state index in [-0.39, 0.29) is 6.04 Å². The van der Waals surface area contributed by atoms with Gasteiger partial charge in [-0.2, -0.15) is 0 Å². The number of nitrogens with one attached hydrogen (secondary N) is 2. The van der Waals surface area contributed by atoms with Gasteiger partial charge in [-0.3, -0.25) is 0 Å². The van der Waals surface area contributed by atoms with Crippen LogP contribution in [-0.2, 0) is 12.8 Å². The first-order valence-electron chi connectivity index (χ1n) is 9.00. The van der Waals surface area contributed by atoms with Gasteiger partial charge in [0.2, 0.25) is 0 Å². The van der Waals surface area contributed by atoms with E-state index in [2.05, 4.69) is 54.1 Å². The summed E-state index contributed by atoms with van der Waals surface area (Å²) in [6, 6.07) is 15.4. The number of aromatic amines is 1. The monoisotopic (exact) mass is 332 g/mol. The summed E-state index contributed by atoms with van der Waals surface area (Å²) in [6.45, 7) is 7.43. The molecule has 0 aliphatic carbocycles. The Labute approximate surface area is 148 Å². The number of ether oxygens (including phenoxy) is 1. The van der Waals surface area contributed by atoms with E-state index in [1.165, 1.54) is 33.3 Å². The normalized spacial score (nSPS) is 16.6. The highest BCUT2D eigenvalue weighted by molar-refractivity contribution is 5.86. The van der Waals surface area contributed by atoms with Crippen LogP contribution in [0.4, 0.5) is 0 Å². The van der Waals surface area contributed by atoms with Crippen molar-refractivity contribution in [2.45, 2.75) is 25.8 Å². The molecule has 0 spiro atoms. The fourth-order valence-corrected chi connectivity index (χ4v) is 3.69. The lowest BCUT2D eigenvalue weighted by Gasteiger charge is -2.25. The van der Waals surface area contributed by atoms with Crippen molar-refractivity contribution in [3.05, 3.63) is 77.5 Å². The zero-order valence-electron chi connectivity index (χ0n) is 14.6. The van der Waals surface area contributed by atoms with Gasteiger partial charge in [-0.15, -0.1) is 0 Å². The smallest absolute Gasteiger partial charge is 0.119 e. The Morgan fingerprint density at radius 1 is 1.20 bits per heavy atom. The zero-order chi connectivity index (χ0) is 17.2. The third-order valence-electron chi connectivity index (χ3n) is 5.01. The second-order valence-electron chi connectivity index (χ2n) is 6.56. The van der Waals surface area contributed by atoms with Gasteiger partial charge in [-0.05, 0) is 53.8 Å². The van der Waals surface area contributed by atoms with Crippen LogP contribution >= 0.6 is 0 Å². The van der Waals surface area contributed by atoms with Crippen molar-refractivity contribution >= 4 is 10.9 Å². The maximum atomic E-state index is 5.59. The standard InChI is InChI=1S/C22H24N2O/c1-3-13-25-17-8-6-16(7-9-17)21-22-18(11-12-23-21)19-14-15(4-2)5-10-20(19)24-22/h3,5-10,14,21,23-24H,1,4,11-13H2,2H3. The molecular formula is C22H24N2O. The van der Waals surface area contributed by atoms with Crippen LogP contribution in [0, 0.1) is 0 Å². The first kappa shape index (κ1) is 16.0. The molecule has 2 N–H and O–H groups in total. The van der Waals surface area contributed by atoms with Crippen LogP contribution < -0.4 is 10.1 Å². The molecule has 0 radical (unpaired) electrons. The van der Waals surface area contributed by atoms with Crippen LogP contribution in [0.25, 0.3) is 10.9 Å². The molecule has 0 saturated heterocycles. The van der Waals surface area contributed by atoms with Crippen molar-refractivity contribution in [1.82, 2.24) is 10.3 Å². The predicted octanol–water partition coefficient (Wildman–Crippen LogP) is 4.53. The highest BCUT2D eigenvalue weighted by Crippen LogP contribution is 2.34. The maximum absolute atomic E-state index is 5.59. The first-order valence-corrected chi connectivity index (χ1v) is 9.00. The van der Waals surface area contributed by atoms with Gasteiger partial charge in [0, 0.05) is 23.1 Å². The second-order valence-corrected chi connectivity index (χ2v) is 6.56. The molecule has 2 aromatic carbocycles. The minimum atomic E-state index is 0.203. The summed E-state index contributed by atoms with van der Waals surface area (Å²) in [4.78, 5) is 3.66. The van der Waals surface area contributed by atoms with Crippen molar-refractivity contribution in [1.29, 1.82) is 0 Å². The molecule has 0 bridgehead atoms. The molecule has 0 saturated carbocycles. The Morgan fingerprint density at radius 2 is 2.04 bits per heavy atom. The Morgan fingerprint density at radius 3 is 2.80 bits per heavy atom. The third-order valence-corrected chi connectivity index (χ3v) is 5.01. The molecule has 1 aliphatic rings. The lowest BCUT2D eigenvalue weighted by atomic mass is 9.94. The largest absolute Gasteiger partial charge is 0.490 e. The van der Waals surface area contributed by atoms with Gasteiger partial charge in [0.25, 0.3) is 0 Å². The number of H-pyrrole nitrogens is 1. The molecule has 0 amide bonds. The van der Waals surface area contributed by atoms with E-state index in [9.17, 15) is 0 Å². The summed E-state index contributed by atoms with van der Waals surface area (Å²) in [5.41, 5.74) is 6.65. The van der Waals surface area contributed by atoms with E-state index in [0.29, 0.717) is 6.61 Å². The lowest BCUT2D eigenvalue weighted by molar-refractivity contribution is 0.363. The van der Waals surface area contributed by atoms with E-state index in [1.54, 1.807) is 6.08 Å². The van der Waals surface area contributed by atoms with Gasteiger partial charge in [0.1, 0.15) is 12.4 Å². The molecule has 25 heavy (non-hydrogen) atoms. The quantitative estimate of drug-likeness (QED) is 0.674. The highest BCUT2D eigenvalue weighted by atomic mass is 16.5. The molecule has 3 aromatic rings. The molecule has 1 atom stereocenters. The minimum Gasteiger partial charge on any atom is -0.490 e. The Balaban J connectivity index is 1.70. The van der Waals surface area contributed by atoms with Gasteiger partial charge in [0.15, 0.2) is 0 Å². The fraction of sp³-hybridized carbons (Fsp3) is 0.273. The van der Waals surface area contributed by atoms with Crippen LogP contribution in [-0.4, -0.2) is 18.1 Å². The molecule has 1 unspecified atom stereocenters. The first-order chi connectivity index (χ1) is 12.3. The maximum Gasteiger partial charge on any atom is 0.119 e. The molecule has 3 heteroatoms. The fourth-order valence-electron chi connectivity index (χ4n) is 3.69. The number of aromatic nitrogens is 1. The van der Waals surface area contributed by atoms with Gasteiger partial charge < -0.3 is 15.0 Å². The summed E-state index contributed by atoms with van der Waals surface area (Å²) in [6.07, 6.45) is 3.90. The minimum absolute atomic E-state index is 0.203. The predicted molar refractivity (Wildman–Crippen MR) is 103 cm³/mol. The van der Waals surface area contributed by atoms with E-state index in [4.69, 9.17) is 4.74 Å². The van der Waals surface area contributed by atoms with Crippen LogP contribution in [0.2, 0.25) is 0 Å². The van der Waals surface area contributed by atoms with E-state index >= 15 is 0 Å². The van der Waals surface area contributed by atoms with Crippen LogP contribution in [0.3, 0.4) is 0 Å². The molecule has 4 rings (SSSR count). The van der Waals surface area contributed by atoms with Gasteiger partial charge in [-0.25, -0.2) is 0 Å². The third kappa shape index (κ3) is 2.96. The summed E-state index contributed by atoms with van der Waals surface area (Å²) < 4.78 is 5.59. The van der Waals surface area contributed by atoms with Gasteiger partial charge in [0.05, 0.1) is 6.04 Å². The molecule has 1 aromatic heterocycles. The van der Waals surface area contributed by atoms with Crippen LogP contribution in [0.5, 0.6) is 5.75 Å². The van der Waals surface area contributed by atoms with Crippen molar-refractivity contribution in [2.24, 2.45) is 0 Å². The number of hydrogen-bond donors (Lipinski definition) is 2. The summed E-state index contributed by atoms with van der Waals surface area (Å²) in [5, 5.41) is 5.04. The Hall–Kier alpha value is -2.52. The van der Waals surface area contributed by atoms with Crippen molar-refractivity contribution < 1.29 is 4.74 Å². The van der Waals surface area contributed by atoms with Gasteiger partial charge >= 0.3 is 0 Å². The van der Waals surface area contributed by atoms with Crippen molar-refractivity contribution in [3.63, 3.8) is 0 Å². The lowest BCUT2D eigenvalue weighted by Crippen LogP contribution is -2.30. The average Bonchev–Trinajstić information content (AvgIpc) is 3.04. The number of benzene rings is 2. The van der Waals surface area contributed by atoms with Crippen molar-refractivity contribution in [3.8, 4) is 5.75 Å². The molecule has 128 valence electrons. The summed E-state index contributed by atoms with van der Waals surface area (Å²) >= 11 is 0. The van der Waals surface area contributed by atoms with E-state index < -0.39 is 0 Å². The van der Waals surface area contributed by atoms with Crippen LogP contribution in [0.1, 0.15) is 35.3 Å². The second kappa shape index (κ2) is 6.77. The average molecular weight is 332 g/mol. The SMILES string of the molecule is C=CCOc1ccc(C2NCCc3c2[nH]c2ccc(CC)cc32)cc1. The van der Waals surface area contributed by atoms with Gasteiger partial charge in [-0.1, -0.05) is 37.8 Å². The molecule has 0 fully saturated rings. The summed E-state index contributed by atoms with van der Waals surface area (Å²) in [5.74, 6) is 0.879. The molecule has 3 nitrogen and oxygen atoms in total. The van der Waals surface area contributed by atoms with E-state index in [0.717, 1.165) is 25.1 Å². The number of aryl methyl sites for hydroxylation is 1. The molecule has 1 aliphatic heterocycles. The molecular weight excluding hydrogens is 308 g/mol. The highest BCUT2D eigenvalue weighted by Gasteiger charge is 2.25.